The lowest BCUT2D eigenvalue weighted by Crippen LogP contribution is -2.50. The lowest BCUT2D eigenvalue weighted by molar-refractivity contribution is 0.0190. The Labute approximate surface area is 140 Å². The summed E-state index contributed by atoms with van der Waals surface area (Å²) in [5.74, 6) is 2.41. The molecule has 5 heteroatoms. The third kappa shape index (κ3) is 6.37. The number of thioether (sulfide) groups is 1. The van der Waals surface area contributed by atoms with Crippen LogP contribution in [0.3, 0.4) is 0 Å². The van der Waals surface area contributed by atoms with E-state index in [0.717, 1.165) is 12.3 Å². The molecule has 4 nitrogen and oxygen atoms in total. The van der Waals surface area contributed by atoms with Gasteiger partial charge in [-0.3, -0.25) is 0 Å². The number of amides is 1. The summed E-state index contributed by atoms with van der Waals surface area (Å²) in [6.07, 6.45) is 1.02. The van der Waals surface area contributed by atoms with Crippen molar-refractivity contribution in [3.05, 3.63) is 0 Å². The summed E-state index contributed by atoms with van der Waals surface area (Å²) in [7, 11) is 0. The minimum atomic E-state index is -0.445. The summed E-state index contributed by atoms with van der Waals surface area (Å²) >= 11 is 2.02. The number of hydrogen-bond acceptors (Lipinski definition) is 4. The molecule has 1 aliphatic heterocycles. The molecule has 1 fully saturated rings. The van der Waals surface area contributed by atoms with Crippen molar-refractivity contribution in [2.75, 3.05) is 24.6 Å². The normalized spacial score (nSPS) is 21.7. The highest BCUT2D eigenvalue weighted by Gasteiger charge is 2.32. The van der Waals surface area contributed by atoms with E-state index in [1.54, 1.807) is 4.90 Å². The van der Waals surface area contributed by atoms with Gasteiger partial charge in [0.2, 0.25) is 0 Å². The molecule has 0 radical (unpaired) electrons. The smallest absolute Gasteiger partial charge is 0.410 e. The molecule has 1 aliphatic rings. The Balaban J connectivity index is 2.49. The molecule has 0 aromatic carbocycles. The van der Waals surface area contributed by atoms with Gasteiger partial charge in [-0.25, -0.2) is 4.79 Å². The van der Waals surface area contributed by atoms with E-state index in [1.807, 2.05) is 46.4 Å². The molecule has 1 atom stereocenters. The lowest BCUT2D eigenvalue weighted by atomic mass is 9.82. The number of nitrogens with one attached hydrogen (secondary N) is 1. The van der Waals surface area contributed by atoms with Crippen LogP contribution in [0, 0.1) is 5.41 Å². The first-order chi connectivity index (χ1) is 10.0. The Morgan fingerprint density at radius 3 is 2.55 bits per heavy atom. The van der Waals surface area contributed by atoms with Crippen molar-refractivity contribution in [2.24, 2.45) is 5.41 Å². The molecule has 1 unspecified atom stereocenters. The zero-order valence-electron chi connectivity index (χ0n) is 15.4. The molecule has 1 N–H and O–H groups in total. The Hall–Kier alpha value is -0.420. The number of nitrogens with zero attached hydrogens (tertiary/aromatic N) is 1. The van der Waals surface area contributed by atoms with E-state index in [-0.39, 0.29) is 12.1 Å². The molecule has 0 spiro atoms. The average molecular weight is 331 g/mol. The van der Waals surface area contributed by atoms with Crippen LogP contribution in [0.1, 0.15) is 54.9 Å². The van der Waals surface area contributed by atoms with Crippen LogP contribution < -0.4 is 5.32 Å². The van der Waals surface area contributed by atoms with Crippen LogP contribution in [0.15, 0.2) is 0 Å². The van der Waals surface area contributed by atoms with Crippen molar-refractivity contribution in [3.8, 4) is 0 Å². The highest BCUT2D eigenvalue weighted by molar-refractivity contribution is 7.99. The molecule has 130 valence electrons. The molecule has 1 heterocycles. The van der Waals surface area contributed by atoms with Crippen LogP contribution >= 0.6 is 11.8 Å². The highest BCUT2D eigenvalue weighted by atomic mass is 32.2. The summed E-state index contributed by atoms with van der Waals surface area (Å²) in [6.45, 7) is 15.9. The number of hydrogen-bond donors (Lipinski definition) is 1. The molecule has 22 heavy (non-hydrogen) atoms. The van der Waals surface area contributed by atoms with E-state index < -0.39 is 5.60 Å². The first-order valence-electron chi connectivity index (χ1n) is 8.34. The van der Waals surface area contributed by atoms with Gasteiger partial charge >= 0.3 is 6.09 Å². The van der Waals surface area contributed by atoms with Gasteiger partial charge in [-0.05, 0) is 52.2 Å². The lowest BCUT2D eigenvalue weighted by Gasteiger charge is -2.39. The second-order valence-electron chi connectivity index (χ2n) is 8.09. The van der Waals surface area contributed by atoms with Gasteiger partial charge in [-0.15, -0.1) is 0 Å². The van der Waals surface area contributed by atoms with Gasteiger partial charge in [-0.2, -0.15) is 11.8 Å². The third-order valence-electron chi connectivity index (χ3n) is 4.11. The summed E-state index contributed by atoms with van der Waals surface area (Å²) in [5, 5.41) is 3.64. The Kier molecular flexibility index (Phi) is 7.06. The van der Waals surface area contributed by atoms with Crippen molar-refractivity contribution in [1.29, 1.82) is 0 Å². The predicted molar refractivity (Wildman–Crippen MR) is 95.6 cm³/mol. The second kappa shape index (κ2) is 7.91. The molecule has 0 aromatic rings. The van der Waals surface area contributed by atoms with Crippen LogP contribution in [0.4, 0.5) is 4.79 Å². The highest BCUT2D eigenvalue weighted by Crippen LogP contribution is 2.33. The monoisotopic (exact) mass is 330 g/mol. The van der Waals surface area contributed by atoms with E-state index >= 15 is 0 Å². The van der Waals surface area contributed by atoms with E-state index in [2.05, 4.69) is 19.2 Å². The van der Waals surface area contributed by atoms with Gasteiger partial charge in [0, 0.05) is 30.9 Å². The van der Waals surface area contributed by atoms with Gasteiger partial charge in [0.05, 0.1) is 0 Å². The number of carbonyl (C=O) groups excluding carboxylic acids is 1. The maximum atomic E-state index is 12.3. The largest absolute Gasteiger partial charge is 0.444 e. The van der Waals surface area contributed by atoms with Crippen LogP contribution in [0.2, 0.25) is 0 Å². The number of carbonyl (C=O) groups is 1. The van der Waals surface area contributed by atoms with Gasteiger partial charge in [-0.1, -0.05) is 13.8 Å². The fourth-order valence-corrected chi connectivity index (χ4v) is 4.15. The molecule has 1 saturated heterocycles. The molecule has 0 bridgehead atoms. The minimum Gasteiger partial charge on any atom is -0.444 e. The molecular weight excluding hydrogens is 296 g/mol. The minimum absolute atomic E-state index is 0.144. The van der Waals surface area contributed by atoms with Crippen molar-refractivity contribution in [2.45, 2.75) is 72.6 Å². The fourth-order valence-electron chi connectivity index (χ4n) is 2.51. The number of rotatable bonds is 5. The Bertz CT molecular complexity index is 364. The standard InChI is InChI=1S/C17H34N2O2S/c1-13(2)19(15(20)21-16(3,4)5)10-9-18-14-12-22-11-8-17(14,6)7/h13-14,18H,8-12H2,1-7H3. The maximum absolute atomic E-state index is 12.3. The molecule has 1 rings (SSSR count). The van der Waals surface area contributed by atoms with Crippen molar-refractivity contribution >= 4 is 17.9 Å². The van der Waals surface area contributed by atoms with Gasteiger partial charge in [0.25, 0.3) is 0 Å². The second-order valence-corrected chi connectivity index (χ2v) is 9.24. The van der Waals surface area contributed by atoms with E-state index in [1.165, 1.54) is 12.2 Å². The van der Waals surface area contributed by atoms with Crippen molar-refractivity contribution in [1.82, 2.24) is 10.2 Å². The molecule has 1 amide bonds. The average Bonchev–Trinajstić information content (AvgIpc) is 2.33. The molecule has 0 aliphatic carbocycles. The topological polar surface area (TPSA) is 41.6 Å². The quantitative estimate of drug-likeness (QED) is 0.833. The molecule has 0 saturated carbocycles. The molecule has 0 aromatic heterocycles. The summed E-state index contributed by atoms with van der Waals surface area (Å²) in [6, 6.07) is 0.657. The van der Waals surface area contributed by atoms with Crippen LogP contribution in [0.25, 0.3) is 0 Å². The first kappa shape index (κ1) is 19.6. The summed E-state index contributed by atoms with van der Waals surface area (Å²) in [5.41, 5.74) is -0.112. The first-order valence-corrected chi connectivity index (χ1v) is 9.49. The Morgan fingerprint density at radius 1 is 1.41 bits per heavy atom. The predicted octanol–water partition coefficient (Wildman–Crippen LogP) is 3.75. The van der Waals surface area contributed by atoms with Gasteiger partial charge in [0.1, 0.15) is 5.60 Å². The fraction of sp³-hybridized carbons (Fsp3) is 0.941. The van der Waals surface area contributed by atoms with E-state index in [4.69, 9.17) is 4.74 Å². The number of ether oxygens (including phenoxy) is 1. The van der Waals surface area contributed by atoms with Crippen LogP contribution in [-0.2, 0) is 4.74 Å². The zero-order valence-corrected chi connectivity index (χ0v) is 16.2. The SMILES string of the molecule is CC(C)N(CCNC1CSCCC1(C)C)C(=O)OC(C)(C)C. The van der Waals surface area contributed by atoms with E-state index in [0.29, 0.717) is 18.0 Å². The van der Waals surface area contributed by atoms with E-state index in [9.17, 15) is 4.79 Å². The van der Waals surface area contributed by atoms with Crippen molar-refractivity contribution < 1.29 is 9.53 Å². The van der Waals surface area contributed by atoms with Gasteiger partial charge in [0.15, 0.2) is 0 Å². The van der Waals surface area contributed by atoms with Crippen LogP contribution in [0.5, 0.6) is 0 Å². The summed E-state index contributed by atoms with van der Waals surface area (Å²) in [4.78, 5) is 14.1. The maximum Gasteiger partial charge on any atom is 0.410 e. The zero-order chi connectivity index (χ0) is 17.0. The Morgan fingerprint density at radius 2 is 2.05 bits per heavy atom. The summed E-state index contributed by atoms with van der Waals surface area (Å²) < 4.78 is 5.50. The molecular formula is C17H34N2O2S. The third-order valence-corrected chi connectivity index (χ3v) is 5.18. The van der Waals surface area contributed by atoms with Gasteiger partial charge < -0.3 is 15.0 Å². The van der Waals surface area contributed by atoms with Crippen LogP contribution in [-0.4, -0.2) is 53.3 Å². The van der Waals surface area contributed by atoms with Crippen molar-refractivity contribution in [3.63, 3.8) is 0 Å².